The van der Waals surface area contributed by atoms with Gasteiger partial charge in [-0.2, -0.15) is 5.10 Å². The minimum Gasteiger partial charge on any atom is -0.390 e. The molecule has 0 aliphatic carbocycles. The maximum atomic E-state index is 10.2. The van der Waals surface area contributed by atoms with Crippen LogP contribution in [0.25, 0.3) is 22.3 Å². The predicted molar refractivity (Wildman–Crippen MR) is 93.5 cm³/mol. The van der Waals surface area contributed by atoms with E-state index >= 15 is 0 Å². The largest absolute Gasteiger partial charge is 0.390 e. The van der Waals surface area contributed by atoms with Gasteiger partial charge in [0.2, 0.25) is 0 Å². The molecule has 0 amide bonds. The van der Waals surface area contributed by atoms with Gasteiger partial charge in [0.25, 0.3) is 0 Å². The Kier molecular flexibility index (Phi) is 3.96. The molecule has 3 N–H and O–H groups in total. The van der Waals surface area contributed by atoms with Gasteiger partial charge in [0, 0.05) is 23.3 Å². The van der Waals surface area contributed by atoms with Crippen molar-refractivity contribution in [1.29, 1.82) is 0 Å². The first-order valence-electron chi connectivity index (χ1n) is 7.85. The van der Waals surface area contributed by atoms with Gasteiger partial charge in [-0.05, 0) is 40.2 Å². The highest BCUT2D eigenvalue weighted by molar-refractivity contribution is 5.90. The van der Waals surface area contributed by atoms with Crippen LogP contribution in [-0.4, -0.2) is 41.4 Å². The van der Waals surface area contributed by atoms with Crippen molar-refractivity contribution in [2.24, 2.45) is 0 Å². The second kappa shape index (κ2) is 5.83. The molecular formula is C17H22N6O. The molecule has 0 aromatic carbocycles. The van der Waals surface area contributed by atoms with Crippen LogP contribution < -0.4 is 5.32 Å². The maximum absolute atomic E-state index is 10.2. The van der Waals surface area contributed by atoms with Crippen molar-refractivity contribution < 1.29 is 5.11 Å². The average molecular weight is 326 g/mol. The number of aliphatic hydroxyl groups is 1. The number of anilines is 1. The van der Waals surface area contributed by atoms with Crippen LogP contribution in [0.4, 0.5) is 5.82 Å². The van der Waals surface area contributed by atoms with Crippen molar-refractivity contribution >= 4 is 16.7 Å². The molecule has 3 heterocycles. The Morgan fingerprint density at radius 3 is 2.62 bits per heavy atom. The van der Waals surface area contributed by atoms with Crippen LogP contribution in [0.5, 0.6) is 0 Å². The fraction of sp³-hybridized carbons (Fsp3) is 0.412. The zero-order valence-electron chi connectivity index (χ0n) is 14.3. The van der Waals surface area contributed by atoms with E-state index < -0.39 is 5.60 Å². The summed E-state index contributed by atoms with van der Waals surface area (Å²) in [6, 6.07) is 1.89. The Labute approximate surface area is 140 Å². The summed E-state index contributed by atoms with van der Waals surface area (Å²) in [6.45, 7) is 7.68. The van der Waals surface area contributed by atoms with Gasteiger partial charge in [-0.15, -0.1) is 0 Å². The lowest BCUT2D eigenvalue weighted by molar-refractivity contribution is 0.0550. The fourth-order valence-corrected chi connectivity index (χ4v) is 3.02. The molecule has 0 saturated heterocycles. The number of H-pyrrole nitrogens is 1. The number of hydrogen-bond acceptors (Lipinski definition) is 6. The third-order valence-electron chi connectivity index (χ3n) is 3.59. The van der Waals surface area contributed by atoms with E-state index in [-0.39, 0.29) is 5.54 Å². The first-order chi connectivity index (χ1) is 11.2. The quantitative estimate of drug-likeness (QED) is 0.666. The van der Waals surface area contributed by atoms with Crippen LogP contribution in [0, 0.1) is 0 Å². The lowest BCUT2D eigenvalue weighted by Crippen LogP contribution is -2.39. The molecule has 3 rings (SSSR count). The van der Waals surface area contributed by atoms with Crippen molar-refractivity contribution in [1.82, 2.24) is 25.1 Å². The lowest BCUT2D eigenvalue weighted by Gasteiger charge is -2.33. The topological polar surface area (TPSA) is 99.6 Å². The van der Waals surface area contributed by atoms with Crippen molar-refractivity contribution in [2.75, 3.05) is 5.32 Å². The van der Waals surface area contributed by atoms with Gasteiger partial charge < -0.3 is 10.4 Å². The van der Waals surface area contributed by atoms with Gasteiger partial charge in [-0.25, -0.2) is 9.97 Å². The summed E-state index contributed by atoms with van der Waals surface area (Å²) in [5, 5.41) is 21.2. The van der Waals surface area contributed by atoms with E-state index in [1.165, 1.54) is 0 Å². The second-order valence-corrected chi connectivity index (χ2v) is 7.27. The third kappa shape index (κ3) is 3.68. The van der Waals surface area contributed by atoms with Crippen LogP contribution in [-0.2, 0) is 0 Å². The number of hydrogen-bond donors (Lipinski definition) is 3. The molecule has 3 aromatic rings. The van der Waals surface area contributed by atoms with Gasteiger partial charge in [0.15, 0.2) is 5.82 Å². The summed E-state index contributed by atoms with van der Waals surface area (Å²) in [6.07, 6.45) is 7.44. The molecule has 0 aliphatic rings. The SMILES string of the molecule is CC(C)(O)CC(C)(C)Nc1nc(-c2cn[nH]c2)nc2cnccc12. The van der Waals surface area contributed by atoms with E-state index in [0.29, 0.717) is 18.1 Å². The summed E-state index contributed by atoms with van der Waals surface area (Å²) in [5.74, 6) is 1.29. The van der Waals surface area contributed by atoms with E-state index in [1.54, 1.807) is 38.6 Å². The first kappa shape index (κ1) is 16.3. The molecule has 24 heavy (non-hydrogen) atoms. The summed E-state index contributed by atoms with van der Waals surface area (Å²) in [7, 11) is 0. The summed E-state index contributed by atoms with van der Waals surface area (Å²) in [4.78, 5) is 13.4. The molecule has 0 radical (unpaired) electrons. The number of nitrogens with zero attached hydrogens (tertiary/aromatic N) is 4. The Hall–Kier alpha value is -2.54. The lowest BCUT2D eigenvalue weighted by atomic mass is 9.89. The molecule has 0 fully saturated rings. The third-order valence-corrected chi connectivity index (χ3v) is 3.59. The Morgan fingerprint density at radius 1 is 1.17 bits per heavy atom. The zero-order chi connectivity index (χ0) is 17.4. The smallest absolute Gasteiger partial charge is 0.165 e. The number of rotatable bonds is 5. The standard InChI is InChI=1S/C17H22N6O/c1-16(2,10-17(3,4)24)23-15-12-5-6-18-9-13(12)21-14(22-15)11-7-19-20-8-11/h5-9,24H,10H2,1-4H3,(H,19,20)(H,21,22,23). The van der Waals surface area contributed by atoms with Gasteiger partial charge in [-0.3, -0.25) is 10.1 Å². The minimum absolute atomic E-state index is 0.351. The Morgan fingerprint density at radius 2 is 1.96 bits per heavy atom. The number of aromatic amines is 1. The van der Waals surface area contributed by atoms with Crippen molar-refractivity contribution in [3.63, 3.8) is 0 Å². The molecule has 0 atom stereocenters. The van der Waals surface area contributed by atoms with Gasteiger partial charge in [0.05, 0.1) is 29.1 Å². The number of aromatic nitrogens is 5. The normalized spacial score (nSPS) is 12.5. The summed E-state index contributed by atoms with van der Waals surface area (Å²) in [5.41, 5.74) is 0.430. The van der Waals surface area contributed by atoms with Crippen LogP contribution in [0.2, 0.25) is 0 Å². The number of nitrogens with one attached hydrogen (secondary N) is 2. The number of pyridine rings is 1. The Balaban J connectivity index is 2.06. The van der Waals surface area contributed by atoms with E-state index in [0.717, 1.165) is 16.5 Å². The van der Waals surface area contributed by atoms with Crippen LogP contribution in [0.1, 0.15) is 34.1 Å². The van der Waals surface area contributed by atoms with E-state index in [4.69, 9.17) is 0 Å². The number of fused-ring (bicyclic) bond motifs is 1. The van der Waals surface area contributed by atoms with E-state index in [2.05, 4.69) is 30.5 Å². The van der Waals surface area contributed by atoms with Crippen molar-refractivity contribution in [3.8, 4) is 11.4 Å². The summed E-state index contributed by atoms with van der Waals surface area (Å²) >= 11 is 0. The highest BCUT2D eigenvalue weighted by Gasteiger charge is 2.28. The highest BCUT2D eigenvalue weighted by atomic mass is 16.3. The van der Waals surface area contributed by atoms with Gasteiger partial charge >= 0.3 is 0 Å². The predicted octanol–water partition coefficient (Wildman–Crippen LogP) is 2.77. The molecule has 0 unspecified atom stereocenters. The molecule has 7 nitrogen and oxygen atoms in total. The molecule has 0 spiro atoms. The molecule has 3 aromatic heterocycles. The summed E-state index contributed by atoms with van der Waals surface area (Å²) < 4.78 is 0. The Bertz CT molecular complexity index is 836. The maximum Gasteiger partial charge on any atom is 0.165 e. The average Bonchev–Trinajstić information content (AvgIpc) is 2.98. The highest BCUT2D eigenvalue weighted by Crippen LogP contribution is 2.29. The monoisotopic (exact) mass is 326 g/mol. The fourth-order valence-electron chi connectivity index (χ4n) is 3.02. The van der Waals surface area contributed by atoms with Crippen molar-refractivity contribution in [3.05, 3.63) is 30.9 Å². The molecule has 0 aliphatic heterocycles. The van der Waals surface area contributed by atoms with Crippen LogP contribution in [0.3, 0.4) is 0 Å². The van der Waals surface area contributed by atoms with Gasteiger partial charge in [0.1, 0.15) is 5.82 Å². The molecule has 0 bridgehead atoms. The minimum atomic E-state index is -0.783. The molecule has 126 valence electrons. The van der Waals surface area contributed by atoms with Crippen molar-refractivity contribution in [2.45, 2.75) is 45.3 Å². The zero-order valence-corrected chi connectivity index (χ0v) is 14.3. The van der Waals surface area contributed by atoms with Crippen LogP contribution >= 0.6 is 0 Å². The molecule has 0 saturated carbocycles. The van der Waals surface area contributed by atoms with E-state index in [1.807, 2.05) is 19.9 Å². The van der Waals surface area contributed by atoms with Gasteiger partial charge in [-0.1, -0.05) is 0 Å². The van der Waals surface area contributed by atoms with Crippen LogP contribution in [0.15, 0.2) is 30.9 Å². The second-order valence-electron chi connectivity index (χ2n) is 7.27. The molecular weight excluding hydrogens is 304 g/mol. The first-order valence-corrected chi connectivity index (χ1v) is 7.85. The molecule has 7 heteroatoms. The van der Waals surface area contributed by atoms with E-state index in [9.17, 15) is 5.11 Å².